The molecule has 1 saturated carbocycles. The van der Waals surface area contributed by atoms with Gasteiger partial charge in [0.05, 0.1) is 6.04 Å². The first-order valence-corrected chi connectivity index (χ1v) is 8.12. The quantitative estimate of drug-likeness (QED) is 0.921. The highest BCUT2D eigenvalue weighted by molar-refractivity contribution is 5.85. The predicted molar refractivity (Wildman–Crippen MR) is 84.9 cm³/mol. The van der Waals surface area contributed by atoms with E-state index in [4.69, 9.17) is 0 Å². The molecular formula is C18H26N2O. The minimum absolute atomic E-state index is 0.0173. The summed E-state index contributed by atoms with van der Waals surface area (Å²) in [6, 6.07) is 6.98. The van der Waals surface area contributed by atoms with Gasteiger partial charge in [0.1, 0.15) is 6.17 Å². The molecule has 1 heterocycles. The van der Waals surface area contributed by atoms with Gasteiger partial charge in [0.2, 0.25) is 5.91 Å². The summed E-state index contributed by atoms with van der Waals surface area (Å²) in [4.78, 5) is 14.9. The number of carbonyl (C=O) groups excluding carboxylic acids is 1. The molecule has 0 spiro atoms. The summed E-state index contributed by atoms with van der Waals surface area (Å²) in [5.74, 6) is 0.835. The van der Waals surface area contributed by atoms with Crippen LogP contribution in [0.2, 0.25) is 0 Å². The number of benzene rings is 1. The van der Waals surface area contributed by atoms with Crippen molar-refractivity contribution in [2.24, 2.45) is 5.92 Å². The average Bonchev–Trinajstić information content (AvgIpc) is 3.16. The summed E-state index contributed by atoms with van der Waals surface area (Å²) in [7, 11) is 0. The van der Waals surface area contributed by atoms with Crippen molar-refractivity contribution in [1.82, 2.24) is 10.2 Å². The molecule has 1 aromatic carbocycles. The van der Waals surface area contributed by atoms with Gasteiger partial charge in [0, 0.05) is 6.04 Å². The van der Waals surface area contributed by atoms with Crippen LogP contribution in [0, 0.1) is 19.8 Å². The molecule has 3 rings (SSSR count). The van der Waals surface area contributed by atoms with Crippen LogP contribution in [0.15, 0.2) is 18.2 Å². The molecule has 21 heavy (non-hydrogen) atoms. The molecule has 3 heteroatoms. The summed E-state index contributed by atoms with van der Waals surface area (Å²) in [5.41, 5.74) is 3.81. The average molecular weight is 286 g/mol. The second kappa shape index (κ2) is 5.45. The van der Waals surface area contributed by atoms with Crippen molar-refractivity contribution in [1.29, 1.82) is 0 Å². The molecule has 1 aromatic rings. The molecule has 3 nitrogen and oxygen atoms in total. The number of hydrogen-bond acceptors (Lipinski definition) is 2. The number of nitrogens with zero attached hydrogens (tertiary/aromatic N) is 1. The maximum Gasteiger partial charge on any atom is 0.241 e. The van der Waals surface area contributed by atoms with Crippen LogP contribution < -0.4 is 5.32 Å². The van der Waals surface area contributed by atoms with Crippen LogP contribution in [-0.2, 0) is 4.79 Å². The topological polar surface area (TPSA) is 32.3 Å². The van der Waals surface area contributed by atoms with E-state index in [1.807, 2.05) is 0 Å². The molecule has 1 aliphatic carbocycles. The normalized spacial score (nSPS) is 26.0. The molecule has 0 aromatic heterocycles. The van der Waals surface area contributed by atoms with Crippen LogP contribution in [0.3, 0.4) is 0 Å². The summed E-state index contributed by atoms with van der Waals surface area (Å²) in [5, 5.41) is 3.60. The molecule has 114 valence electrons. The van der Waals surface area contributed by atoms with Gasteiger partial charge >= 0.3 is 0 Å². The summed E-state index contributed by atoms with van der Waals surface area (Å²) >= 11 is 0. The Balaban J connectivity index is 1.90. The Hall–Kier alpha value is -1.35. The fourth-order valence-electron chi connectivity index (χ4n) is 3.41. The van der Waals surface area contributed by atoms with E-state index in [-0.39, 0.29) is 12.2 Å². The van der Waals surface area contributed by atoms with Crippen molar-refractivity contribution in [3.63, 3.8) is 0 Å². The molecule has 2 atom stereocenters. The van der Waals surface area contributed by atoms with Crippen LogP contribution in [0.4, 0.5) is 0 Å². The van der Waals surface area contributed by atoms with Crippen molar-refractivity contribution in [2.75, 3.05) is 0 Å². The monoisotopic (exact) mass is 286 g/mol. The molecule has 1 aliphatic heterocycles. The van der Waals surface area contributed by atoms with Crippen molar-refractivity contribution in [2.45, 2.75) is 65.2 Å². The number of amides is 1. The van der Waals surface area contributed by atoms with Crippen molar-refractivity contribution in [3.8, 4) is 0 Å². The standard InChI is InChI=1S/C18H26N2O/c1-11(2)9-16-18(21)20(14-6-7-14)17(19-16)15-8-5-12(3)10-13(15)4/h5,8,10-11,14,16-17,19H,6-7,9H2,1-4H3. The zero-order chi connectivity index (χ0) is 15.1. The Labute approximate surface area is 127 Å². The first-order chi connectivity index (χ1) is 9.97. The molecule has 1 saturated heterocycles. The fraction of sp³-hybridized carbons (Fsp3) is 0.611. The number of carbonyl (C=O) groups is 1. The van der Waals surface area contributed by atoms with Gasteiger partial charge in [-0.1, -0.05) is 37.6 Å². The number of aryl methyl sites for hydroxylation is 2. The summed E-state index contributed by atoms with van der Waals surface area (Å²) < 4.78 is 0. The second-order valence-electron chi connectivity index (χ2n) is 7.09. The summed E-state index contributed by atoms with van der Waals surface area (Å²) in [6.45, 7) is 8.63. The van der Waals surface area contributed by atoms with Gasteiger partial charge in [0.15, 0.2) is 0 Å². The van der Waals surface area contributed by atoms with Crippen molar-refractivity contribution >= 4 is 5.91 Å². The minimum atomic E-state index is -0.0173. The predicted octanol–water partition coefficient (Wildman–Crippen LogP) is 3.31. The zero-order valence-electron chi connectivity index (χ0n) is 13.5. The molecule has 2 fully saturated rings. The highest BCUT2D eigenvalue weighted by atomic mass is 16.2. The van der Waals surface area contributed by atoms with Crippen LogP contribution in [0.25, 0.3) is 0 Å². The van der Waals surface area contributed by atoms with Gasteiger partial charge < -0.3 is 4.90 Å². The Kier molecular flexibility index (Phi) is 3.78. The third kappa shape index (κ3) is 2.84. The maximum absolute atomic E-state index is 12.7. The van der Waals surface area contributed by atoms with E-state index in [0.717, 1.165) is 19.3 Å². The van der Waals surface area contributed by atoms with Crippen LogP contribution >= 0.6 is 0 Å². The van der Waals surface area contributed by atoms with E-state index in [9.17, 15) is 4.79 Å². The smallest absolute Gasteiger partial charge is 0.241 e. The van der Waals surface area contributed by atoms with Crippen LogP contribution in [-0.4, -0.2) is 22.9 Å². The highest BCUT2D eigenvalue weighted by Gasteiger charge is 2.46. The fourth-order valence-corrected chi connectivity index (χ4v) is 3.41. The molecular weight excluding hydrogens is 260 g/mol. The van der Waals surface area contributed by atoms with Gasteiger partial charge in [-0.3, -0.25) is 10.1 Å². The lowest BCUT2D eigenvalue weighted by Gasteiger charge is -2.25. The third-order valence-corrected chi connectivity index (χ3v) is 4.56. The molecule has 1 amide bonds. The van der Waals surface area contributed by atoms with Gasteiger partial charge in [-0.05, 0) is 50.2 Å². The first kappa shape index (κ1) is 14.6. The third-order valence-electron chi connectivity index (χ3n) is 4.56. The van der Waals surface area contributed by atoms with Crippen LogP contribution in [0.5, 0.6) is 0 Å². The van der Waals surface area contributed by atoms with Crippen molar-refractivity contribution in [3.05, 3.63) is 34.9 Å². The molecule has 0 radical (unpaired) electrons. The first-order valence-electron chi connectivity index (χ1n) is 8.12. The number of rotatable bonds is 4. The van der Waals surface area contributed by atoms with E-state index in [1.54, 1.807) is 0 Å². The lowest BCUT2D eigenvalue weighted by Crippen LogP contribution is -2.33. The van der Waals surface area contributed by atoms with E-state index in [2.05, 4.69) is 56.1 Å². The van der Waals surface area contributed by atoms with Crippen molar-refractivity contribution < 1.29 is 4.79 Å². The number of hydrogen-bond donors (Lipinski definition) is 1. The lowest BCUT2D eigenvalue weighted by molar-refractivity contribution is -0.130. The highest BCUT2D eigenvalue weighted by Crippen LogP contribution is 2.39. The molecule has 1 N–H and O–H groups in total. The number of nitrogens with one attached hydrogen (secondary N) is 1. The van der Waals surface area contributed by atoms with Gasteiger partial charge in [-0.25, -0.2) is 0 Å². The SMILES string of the molecule is Cc1ccc(C2NC(CC(C)C)C(=O)N2C2CC2)c(C)c1. The Bertz CT molecular complexity index is 548. The van der Waals surface area contributed by atoms with E-state index >= 15 is 0 Å². The largest absolute Gasteiger partial charge is 0.319 e. The van der Waals surface area contributed by atoms with E-state index in [0.29, 0.717) is 17.9 Å². The van der Waals surface area contributed by atoms with Gasteiger partial charge in [0.25, 0.3) is 0 Å². The molecule has 0 bridgehead atoms. The lowest BCUT2D eigenvalue weighted by atomic mass is 10.0. The molecule has 2 aliphatic rings. The Morgan fingerprint density at radius 1 is 1.29 bits per heavy atom. The second-order valence-corrected chi connectivity index (χ2v) is 7.09. The van der Waals surface area contributed by atoms with E-state index < -0.39 is 0 Å². The molecule has 2 unspecified atom stereocenters. The van der Waals surface area contributed by atoms with E-state index in [1.165, 1.54) is 16.7 Å². The Morgan fingerprint density at radius 2 is 2.00 bits per heavy atom. The summed E-state index contributed by atoms with van der Waals surface area (Å²) in [6.07, 6.45) is 3.30. The Morgan fingerprint density at radius 3 is 2.57 bits per heavy atom. The zero-order valence-corrected chi connectivity index (χ0v) is 13.5. The van der Waals surface area contributed by atoms with Gasteiger partial charge in [-0.15, -0.1) is 0 Å². The maximum atomic E-state index is 12.7. The minimum Gasteiger partial charge on any atom is -0.319 e. The van der Waals surface area contributed by atoms with Gasteiger partial charge in [-0.2, -0.15) is 0 Å². The van der Waals surface area contributed by atoms with Crippen LogP contribution in [0.1, 0.15) is 56.0 Å².